The van der Waals surface area contributed by atoms with Gasteiger partial charge in [0, 0.05) is 36.4 Å². The number of aromatic nitrogens is 4. The van der Waals surface area contributed by atoms with Crippen molar-refractivity contribution in [3.63, 3.8) is 0 Å². The summed E-state index contributed by atoms with van der Waals surface area (Å²) in [6.45, 7) is 6.97. The molecule has 0 saturated heterocycles. The number of H-pyrrole nitrogens is 1. The minimum Gasteiger partial charge on any atom is -0.335 e. The number of nitrogens with zero attached hydrogens (tertiary/aromatic N) is 3. The van der Waals surface area contributed by atoms with Crippen LogP contribution in [0.3, 0.4) is 0 Å². The van der Waals surface area contributed by atoms with Crippen LogP contribution in [0.5, 0.6) is 0 Å². The van der Waals surface area contributed by atoms with Crippen molar-refractivity contribution in [1.29, 1.82) is 0 Å². The Morgan fingerprint density at radius 3 is 2.77 bits per heavy atom. The number of rotatable bonds is 5. The van der Waals surface area contributed by atoms with E-state index in [-0.39, 0.29) is 17.5 Å². The highest BCUT2D eigenvalue weighted by molar-refractivity contribution is 5.90. The first-order chi connectivity index (χ1) is 12.4. The van der Waals surface area contributed by atoms with Gasteiger partial charge in [0.1, 0.15) is 0 Å². The molecule has 0 aliphatic heterocycles. The molecule has 26 heavy (non-hydrogen) atoms. The molecule has 0 aliphatic carbocycles. The average molecular weight is 352 g/mol. The number of hydrogen-bond acceptors (Lipinski definition) is 3. The summed E-state index contributed by atoms with van der Waals surface area (Å²) in [6, 6.07) is 9.25. The smallest absolute Gasteiger partial charge is 0.319 e. The van der Waals surface area contributed by atoms with Gasteiger partial charge in [-0.25, -0.2) is 9.78 Å². The van der Waals surface area contributed by atoms with Crippen LogP contribution < -0.4 is 10.6 Å². The van der Waals surface area contributed by atoms with E-state index >= 15 is 0 Å². The predicted octanol–water partition coefficient (Wildman–Crippen LogP) is 3.51. The van der Waals surface area contributed by atoms with Gasteiger partial charge in [-0.05, 0) is 23.6 Å². The van der Waals surface area contributed by atoms with Crippen molar-refractivity contribution >= 4 is 11.7 Å². The maximum absolute atomic E-state index is 12.5. The van der Waals surface area contributed by atoms with Gasteiger partial charge in [0.25, 0.3) is 0 Å². The molecule has 3 aromatic rings. The minimum atomic E-state index is -0.230. The van der Waals surface area contributed by atoms with Crippen molar-refractivity contribution in [2.45, 2.75) is 33.4 Å². The van der Waals surface area contributed by atoms with E-state index in [1.807, 2.05) is 41.1 Å². The van der Waals surface area contributed by atoms with E-state index in [0.717, 1.165) is 16.9 Å². The standard InChI is InChI=1S/C19H24N6O/c1-19(2,3)17(12-25-10-9-20-13-25)23-18(26)22-15-6-4-5-14(11-15)16-7-8-21-24-16/h4-11,13,17H,12H2,1-3H3,(H,21,24)(H2,22,23,26)/t17-/m0/s1. The zero-order valence-corrected chi connectivity index (χ0v) is 15.2. The number of nitrogens with one attached hydrogen (secondary N) is 3. The lowest BCUT2D eigenvalue weighted by atomic mass is 9.86. The number of imidazole rings is 1. The van der Waals surface area contributed by atoms with Crippen molar-refractivity contribution in [3.8, 4) is 11.3 Å². The highest BCUT2D eigenvalue weighted by atomic mass is 16.2. The maximum atomic E-state index is 12.5. The van der Waals surface area contributed by atoms with Gasteiger partial charge in [-0.15, -0.1) is 0 Å². The normalized spacial score (nSPS) is 12.6. The van der Waals surface area contributed by atoms with Crippen LogP contribution in [0.25, 0.3) is 11.3 Å². The lowest BCUT2D eigenvalue weighted by Crippen LogP contribution is -2.47. The zero-order chi connectivity index (χ0) is 18.6. The Labute approximate surface area is 152 Å². The zero-order valence-electron chi connectivity index (χ0n) is 15.2. The first kappa shape index (κ1) is 17.7. The third-order valence-corrected chi connectivity index (χ3v) is 4.24. The second kappa shape index (κ2) is 7.43. The van der Waals surface area contributed by atoms with Gasteiger partial charge in [0.15, 0.2) is 0 Å². The van der Waals surface area contributed by atoms with Crippen molar-refractivity contribution in [1.82, 2.24) is 25.1 Å². The van der Waals surface area contributed by atoms with Gasteiger partial charge in [-0.2, -0.15) is 5.10 Å². The van der Waals surface area contributed by atoms with Gasteiger partial charge in [-0.1, -0.05) is 32.9 Å². The number of anilines is 1. The lowest BCUT2D eigenvalue weighted by Gasteiger charge is -2.31. The minimum absolute atomic E-state index is 0.0486. The number of aromatic amines is 1. The van der Waals surface area contributed by atoms with Crippen LogP contribution in [0.1, 0.15) is 20.8 Å². The van der Waals surface area contributed by atoms with Gasteiger partial charge < -0.3 is 15.2 Å². The van der Waals surface area contributed by atoms with E-state index in [1.165, 1.54) is 0 Å². The molecule has 0 saturated carbocycles. The summed E-state index contributed by atoms with van der Waals surface area (Å²) in [6.07, 6.45) is 7.09. The fourth-order valence-corrected chi connectivity index (χ4v) is 2.65. The van der Waals surface area contributed by atoms with E-state index in [2.05, 4.69) is 46.6 Å². The van der Waals surface area contributed by atoms with Crippen LogP contribution >= 0.6 is 0 Å². The molecule has 2 amide bonds. The number of benzene rings is 1. The summed E-state index contributed by atoms with van der Waals surface area (Å²) < 4.78 is 1.97. The molecule has 3 rings (SSSR count). The van der Waals surface area contributed by atoms with Crippen molar-refractivity contribution < 1.29 is 4.79 Å². The second-order valence-electron chi connectivity index (χ2n) is 7.33. The Bertz CT molecular complexity index is 833. The molecular formula is C19H24N6O. The number of carbonyl (C=O) groups excluding carboxylic acids is 1. The van der Waals surface area contributed by atoms with Gasteiger partial charge in [-0.3, -0.25) is 5.10 Å². The molecule has 2 heterocycles. The van der Waals surface area contributed by atoms with Gasteiger partial charge in [0.05, 0.1) is 18.1 Å². The maximum Gasteiger partial charge on any atom is 0.319 e. The van der Waals surface area contributed by atoms with Gasteiger partial charge in [0.2, 0.25) is 0 Å². The molecule has 7 nitrogen and oxygen atoms in total. The van der Waals surface area contributed by atoms with Crippen molar-refractivity contribution in [2.24, 2.45) is 5.41 Å². The SMILES string of the molecule is CC(C)(C)[C@H](Cn1ccnc1)NC(=O)Nc1cccc(-c2ccn[nH]2)c1. The topological polar surface area (TPSA) is 87.6 Å². The number of amides is 2. The highest BCUT2D eigenvalue weighted by Crippen LogP contribution is 2.22. The molecule has 136 valence electrons. The molecule has 1 aromatic carbocycles. The summed E-state index contributed by atoms with van der Waals surface area (Å²) >= 11 is 0. The van der Waals surface area contributed by atoms with E-state index in [4.69, 9.17) is 0 Å². The molecule has 0 bridgehead atoms. The number of hydrogen-bond donors (Lipinski definition) is 3. The third kappa shape index (κ3) is 4.50. The molecule has 1 atom stereocenters. The van der Waals surface area contributed by atoms with Crippen molar-refractivity contribution in [2.75, 3.05) is 5.32 Å². The molecule has 0 unspecified atom stereocenters. The molecule has 0 radical (unpaired) electrons. The Morgan fingerprint density at radius 1 is 1.27 bits per heavy atom. The summed E-state index contributed by atoms with van der Waals surface area (Å²) in [7, 11) is 0. The Hall–Kier alpha value is -3.09. The lowest BCUT2D eigenvalue weighted by molar-refractivity contribution is 0.219. The first-order valence-electron chi connectivity index (χ1n) is 8.55. The highest BCUT2D eigenvalue weighted by Gasteiger charge is 2.26. The van der Waals surface area contributed by atoms with Crippen LogP contribution in [0.2, 0.25) is 0 Å². The number of carbonyl (C=O) groups is 1. The van der Waals surface area contributed by atoms with Crippen LogP contribution in [0.4, 0.5) is 10.5 Å². The predicted molar refractivity (Wildman–Crippen MR) is 102 cm³/mol. The second-order valence-corrected chi connectivity index (χ2v) is 7.33. The number of urea groups is 1. The monoisotopic (exact) mass is 352 g/mol. The van der Waals surface area contributed by atoms with E-state index in [0.29, 0.717) is 6.54 Å². The largest absolute Gasteiger partial charge is 0.335 e. The van der Waals surface area contributed by atoms with E-state index < -0.39 is 0 Å². The van der Waals surface area contributed by atoms with Crippen LogP contribution in [-0.4, -0.2) is 31.8 Å². The van der Waals surface area contributed by atoms with Crippen molar-refractivity contribution in [3.05, 3.63) is 55.2 Å². The summed E-state index contributed by atoms with van der Waals surface area (Å²) in [4.78, 5) is 16.6. The molecule has 0 aliphatic rings. The average Bonchev–Trinajstić information content (AvgIpc) is 3.27. The van der Waals surface area contributed by atoms with E-state index in [9.17, 15) is 4.79 Å². The third-order valence-electron chi connectivity index (χ3n) is 4.24. The van der Waals surface area contributed by atoms with Gasteiger partial charge >= 0.3 is 6.03 Å². The summed E-state index contributed by atoms with van der Waals surface area (Å²) in [5, 5.41) is 12.9. The quantitative estimate of drug-likeness (QED) is 0.656. The van der Waals surface area contributed by atoms with E-state index in [1.54, 1.807) is 18.7 Å². The van der Waals surface area contributed by atoms with Crippen LogP contribution in [0, 0.1) is 5.41 Å². The molecular weight excluding hydrogens is 328 g/mol. The molecule has 7 heteroatoms. The molecule has 0 spiro atoms. The first-order valence-corrected chi connectivity index (χ1v) is 8.55. The van der Waals surface area contributed by atoms with Crippen LogP contribution in [0.15, 0.2) is 55.2 Å². The summed E-state index contributed by atoms with van der Waals surface area (Å²) in [5.74, 6) is 0. The summed E-state index contributed by atoms with van der Waals surface area (Å²) in [5.41, 5.74) is 2.50. The molecule has 0 fully saturated rings. The molecule has 3 N–H and O–H groups in total. The van der Waals surface area contributed by atoms with Crippen LogP contribution in [-0.2, 0) is 6.54 Å². The molecule has 2 aromatic heterocycles. The fourth-order valence-electron chi connectivity index (χ4n) is 2.65. The Morgan fingerprint density at radius 2 is 2.12 bits per heavy atom. The Balaban J connectivity index is 1.67. The fraction of sp³-hybridized carbons (Fsp3) is 0.316. The Kier molecular flexibility index (Phi) is 5.06.